The Bertz CT molecular complexity index is 1520. The average molecular weight is 625 g/mol. The van der Waals surface area contributed by atoms with Gasteiger partial charge in [-0.15, -0.1) is 50.9 Å². The van der Waals surface area contributed by atoms with Crippen LogP contribution in [0, 0.1) is 13.0 Å². The second-order valence-corrected chi connectivity index (χ2v) is 7.63. The van der Waals surface area contributed by atoms with Crippen LogP contribution in [0.15, 0.2) is 103 Å². The summed E-state index contributed by atoms with van der Waals surface area (Å²) >= 11 is 0. The molecule has 0 spiro atoms. The molecule has 5 nitrogen and oxygen atoms in total. The molecular weight excluding hydrogens is 601 g/mol. The number of phenols is 1. The quantitative estimate of drug-likeness (QED) is 0.227. The minimum Gasteiger partial charge on any atom is -0.506 e. The molecule has 0 unspecified atom stereocenters. The summed E-state index contributed by atoms with van der Waals surface area (Å²) < 4.78 is 0. The number of fused-ring (bicyclic) bond motifs is 2. The van der Waals surface area contributed by atoms with E-state index in [0.29, 0.717) is 5.69 Å². The Morgan fingerprint density at radius 2 is 1.53 bits per heavy atom. The number of hydrogen-bond acceptors (Lipinski definition) is 4. The molecule has 1 N–H and O–H groups in total. The molecule has 0 atom stereocenters. The van der Waals surface area contributed by atoms with E-state index >= 15 is 0 Å². The normalized spacial score (nSPS) is 10.4. The monoisotopic (exact) mass is 625 g/mol. The van der Waals surface area contributed by atoms with Crippen molar-refractivity contribution in [3.63, 3.8) is 0 Å². The standard InChI is InChI=1S/C15H10N.C13H11N3O.Ir.H2/c1-2-7-13(8-3-1)15-14-9-5-4-6-12(14)10-11-16-15;1-9-6-7-13(17)12(8-9)16-14-10-4-2-3-5-11(10)15-16;;/h1-7,9-11H;2-8,17H,1H3;;1H/q-1;;;/i;;;1+1. The molecule has 0 saturated carbocycles. The first-order chi connectivity index (χ1) is 16.2. The van der Waals surface area contributed by atoms with Gasteiger partial charge in [0.2, 0.25) is 0 Å². The number of nitrogens with zero attached hydrogens (tertiary/aromatic N) is 4. The summed E-state index contributed by atoms with van der Waals surface area (Å²) in [6.07, 6.45) is 1.85. The summed E-state index contributed by atoms with van der Waals surface area (Å²) in [5, 5.41) is 20.9. The SMILES string of the molecule is Cc1ccc(O)c(-n2nc3ccccc3n2)c1.[2HH].[Ir].[c-]1ccccc1-c1nccc2ccccc12. The first-order valence-corrected chi connectivity index (χ1v) is 10.6. The van der Waals surface area contributed by atoms with E-state index in [1.807, 2.05) is 92.0 Å². The molecule has 0 amide bonds. The van der Waals surface area contributed by atoms with Gasteiger partial charge in [0, 0.05) is 27.7 Å². The molecule has 6 aromatic rings. The molecular formula is C28H23IrN4O-. The van der Waals surface area contributed by atoms with Crippen molar-refractivity contribution >= 4 is 21.8 Å². The zero-order valence-electron chi connectivity index (χ0n) is 18.4. The number of phenolic OH excluding ortho intramolecular Hbond substituents is 1. The molecule has 0 fully saturated rings. The predicted molar refractivity (Wildman–Crippen MR) is 133 cm³/mol. The van der Waals surface area contributed by atoms with Crippen LogP contribution in [-0.2, 0) is 20.1 Å². The number of rotatable bonds is 2. The van der Waals surface area contributed by atoms with Gasteiger partial charge in [0.15, 0.2) is 0 Å². The molecule has 0 aliphatic rings. The van der Waals surface area contributed by atoms with Crippen LogP contribution in [-0.4, -0.2) is 25.1 Å². The second kappa shape index (κ2) is 10.4. The Hall–Kier alpha value is -3.86. The molecule has 2 heterocycles. The Labute approximate surface area is 212 Å². The maximum atomic E-state index is 9.81. The number of hydrogen-bond donors (Lipinski definition) is 1. The van der Waals surface area contributed by atoms with Crippen molar-refractivity contribution in [2.24, 2.45) is 0 Å². The van der Waals surface area contributed by atoms with Crippen molar-refractivity contribution in [3.05, 3.63) is 115 Å². The first kappa shape index (κ1) is 23.3. The summed E-state index contributed by atoms with van der Waals surface area (Å²) in [4.78, 5) is 5.91. The zero-order chi connectivity index (χ0) is 22.6. The molecule has 171 valence electrons. The summed E-state index contributed by atoms with van der Waals surface area (Å²) in [6, 6.07) is 34.4. The van der Waals surface area contributed by atoms with E-state index in [1.165, 1.54) is 15.6 Å². The molecule has 2 aromatic heterocycles. The van der Waals surface area contributed by atoms with E-state index in [1.54, 1.807) is 6.07 Å². The van der Waals surface area contributed by atoms with Crippen molar-refractivity contribution in [1.82, 2.24) is 20.0 Å². The van der Waals surface area contributed by atoms with Crippen LogP contribution >= 0.6 is 0 Å². The van der Waals surface area contributed by atoms with E-state index in [0.717, 1.165) is 27.9 Å². The molecule has 0 bridgehead atoms. The van der Waals surface area contributed by atoms with Gasteiger partial charge in [0.25, 0.3) is 0 Å². The predicted octanol–water partition coefficient (Wildman–Crippen LogP) is 6.38. The largest absolute Gasteiger partial charge is 0.506 e. The Morgan fingerprint density at radius 1 is 0.824 bits per heavy atom. The topological polar surface area (TPSA) is 63.8 Å². The van der Waals surface area contributed by atoms with E-state index in [9.17, 15) is 5.11 Å². The van der Waals surface area contributed by atoms with Crippen LogP contribution in [0.1, 0.15) is 6.99 Å². The van der Waals surface area contributed by atoms with Gasteiger partial charge in [-0.05, 0) is 59.3 Å². The van der Waals surface area contributed by atoms with Gasteiger partial charge in [-0.3, -0.25) is 0 Å². The molecule has 34 heavy (non-hydrogen) atoms. The Balaban J connectivity index is 0.000000185. The van der Waals surface area contributed by atoms with Gasteiger partial charge in [0.1, 0.15) is 22.5 Å². The third-order valence-corrected chi connectivity index (χ3v) is 5.27. The van der Waals surface area contributed by atoms with Crippen molar-refractivity contribution in [1.29, 1.82) is 0 Å². The third-order valence-electron chi connectivity index (χ3n) is 5.27. The van der Waals surface area contributed by atoms with Gasteiger partial charge < -0.3 is 10.1 Å². The van der Waals surface area contributed by atoms with Gasteiger partial charge in [-0.1, -0.05) is 42.5 Å². The van der Waals surface area contributed by atoms with Gasteiger partial charge >= 0.3 is 0 Å². The second-order valence-electron chi connectivity index (χ2n) is 7.63. The summed E-state index contributed by atoms with van der Waals surface area (Å²) in [5.74, 6) is 0.177. The number of aromatic hydroxyl groups is 1. The van der Waals surface area contributed by atoms with Crippen LogP contribution in [0.4, 0.5) is 0 Å². The Morgan fingerprint density at radius 3 is 2.26 bits per heavy atom. The number of benzene rings is 4. The van der Waals surface area contributed by atoms with Gasteiger partial charge in [-0.2, -0.15) is 0 Å². The summed E-state index contributed by atoms with van der Waals surface area (Å²) in [6.45, 7) is 1.96. The van der Waals surface area contributed by atoms with Crippen molar-refractivity contribution in [2.75, 3.05) is 0 Å². The maximum Gasteiger partial charge on any atom is 0.143 e. The molecule has 0 aliphatic carbocycles. The first-order valence-electron chi connectivity index (χ1n) is 10.6. The molecule has 0 saturated heterocycles. The maximum absolute atomic E-state index is 9.81. The van der Waals surface area contributed by atoms with E-state index in [2.05, 4.69) is 33.4 Å². The van der Waals surface area contributed by atoms with Crippen LogP contribution in [0.5, 0.6) is 5.75 Å². The number of aromatic nitrogens is 4. The van der Waals surface area contributed by atoms with E-state index in [4.69, 9.17) is 0 Å². The minimum atomic E-state index is 0. The molecule has 1 radical (unpaired) electrons. The summed E-state index contributed by atoms with van der Waals surface area (Å²) in [7, 11) is 0. The summed E-state index contributed by atoms with van der Waals surface area (Å²) in [5.41, 5.74) is 5.32. The molecule has 6 heteroatoms. The zero-order valence-corrected chi connectivity index (χ0v) is 20.8. The smallest absolute Gasteiger partial charge is 0.143 e. The van der Waals surface area contributed by atoms with Crippen LogP contribution < -0.4 is 0 Å². The van der Waals surface area contributed by atoms with E-state index < -0.39 is 0 Å². The fourth-order valence-electron chi connectivity index (χ4n) is 3.64. The molecule has 0 aliphatic heterocycles. The molecule has 4 aromatic carbocycles. The van der Waals surface area contributed by atoms with Gasteiger partial charge in [-0.25, -0.2) is 0 Å². The van der Waals surface area contributed by atoms with Crippen molar-refractivity contribution < 1.29 is 26.6 Å². The van der Waals surface area contributed by atoms with Crippen LogP contribution in [0.2, 0.25) is 0 Å². The van der Waals surface area contributed by atoms with Gasteiger partial charge in [0.05, 0.1) is 0 Å². The Kier molecular flexibility index (Phi) is 7.12. The number of aryl methyl sites for hydroxylation is 1. The fourth-order valence-corrected chi connectivity index (χ4v) is 3.64. The van der Waals surface area contributed by atoms with Crippen molar-refractivity contribution in [2.45, 2.75) is 6.92 Å². The fraction of sp³-hybridized carbons (Fsp3) is 0.0357. The number of pyridine rings is 1. The minimum absolute atomic E-state index is 0. The van der Waals surface area contributed by atoms with Crippen molar-refractivity contribution in [3.8, 4) is 22.7 Å². The van der Waals surface area contributed by atoms with E-state index in [-0.39, 0.29) is 27.3 Å². The average Bonchev–Trinajstić information content (AvgIpc) is 3.30. The molecule has 6 rings (SSSR count). The third kappa shape index (κ3) is 4.88. The van der Waals surface area contributed by atoms with Crippen LogP contribution in [0.3, 0.4) is 0 Å². The van der Waals surface area contributed by atoms with Crippen LogP contribution in [0.25, 0.3) is 38.8 Å².